The molecule has 0 saturated carbocycles. The number of hydrogen-bond donors (Lipinski definition) is 0. The highest BCUT2D eigenvalue weighted by atomic mass is 16.4. The maximum Gasteiger partial charge on any atom is 0.349 e. The SMILES string of the molecule is Cc1nc(N2CCN(C(=O)c3cc4ccccc4oc3=O)CC2)cc(-n2cnc(C)c2C)n1. The molecule has 1 amide bonds. The van der Waals surface area contributed by atoms with Gasteiger partial charge in [0.05, 0.1) is 5.69 Å². The topological polar surface area (TPSA) is 97.4 Å². The molecule has 1 aromatic carbocycles. The largest absolute Gasteiger partial charge is 0.422 e. The third kappa shape index (κ3) is 3.86. The summed E-state index contributed by atoms with van der Waals surface area (Å²) < 4.78 is 7.29. The number of nitrogens with zero attached hydrogens (tertiary/aromatic N) is 6. The lowest BCUT2D eigenvalue weighted by atomic mass is 10.1. The Balaban J connectivity index is 1.34. The van der Waals surface area contributed by atoms with Crippen molar-refractivity contribution in [2.45, 2.75) is 20.8 Å². The second-order valence-corrected chi connectivity index (χ2v) is 8.18. The zero-order chi connectivity index (χ0) is 23.1. The van der Waals surface area contributed by atoms with Crippen molar-refractivity contribution in [3.8, 4) is 5.82 Å². The Morgan fingerprint density at radius 3 is 2.42 bits per heavy atom. The average molecular weight is 444 g/mol. The van der Waals surface area contributed by atoms with Gasteiger partial charge in [-0.3, -0.25) is 9.36 Å². The first-order valence-corrected chi connectivity index (χ1v) is 10.8. The van der Waals surface area contributed by atoms with E-state index in [0.29, 0.717) is 37.6 Å². The number of imidazole rings is 1. The molecule has 3 aromatic heterocycles. The van der Waals surface area contributed by atoms with Crippen molar-refractivity contribution in [3.63, 3.8) is 0 Å². The van der Waals surface area contributed by atoms with Crippen molar-refractivity contribution in [2.75, 3.05) is 31.1 Å². The van der Waals surface area contributed by atoms with Gasteiger partial charge in [0.15, 0.2) is 0 Å². The molecule has 1 saturated heterocycles. The molecule has 168 valence electrons. The molecule has 9 nitrogen and oxygen atoms in total. The minimum absolute atomic E-state index is 0.0632. The summed E-state index contributed by atoms with van der Waals surface area (Å²) in [5.41, 5.74) is 1.92. The fraction of sp³-hybridized carbons (Fsp3) is 0.292. The summed E-state index contributed by atoms with van der Waals surface area (Å²) in [6.07, 6.45) is 1.77. The van der Waals surface area contributed by atoms with Gasteiger partial charge in [-0.05, 0) is 32.9 Å². The molecule has 1 fully saturated rings. The van der Waals surface area contributed by atoms with Gasteiger partial charge in [-0.25, -0.2) is 19.7 Å². The molecule has 5 rings (SSSR count). The number of rotatable bonds is 3. The molecule has 1 aliphatic rings. The number of benzene rings is 1. The molecule has 0 N–H and O–H groups in total. The van der Waals surface area contributed by atoms with E-state index in [0.717, 1.165) is 28.4 Å². The van der Waals surface area contributed by atoms with E-state index >= 15 is 0 Å². The maximum absolute atomic E-state index is 13.1. The molecule has 0 spiro atoms. The highest BCUT2D eigenvalue weighted by Crippen LogP contribution is 2.20. The van der Waals surface area contributed by atoms with E-state index in [9.17, 15) is 9.59 Å². The Labute approximate surface area is 190 Å². The standard InChI is InChI=1S/C24H24N6O3/c1-15-16(2)30(14-25-15)22-13-21(26-17(3)27-22)28-8-10-29(11-9-28)23(31)19-12-18-6-4-5-7-20(18)33-24(19)32/h4-7,12-14H,8-11H2,1-3H3. The van der Waals surface area contributed by atoms with Crippen LogP contribution in [0.1, 0.15) is 27.6 Å². The van der Waals surface area contributed by atoms with Crippen LogP contribution in [0, 0.1) is 20.8 Å². The Morgan fingerprint density at radius 2 is 1.70 bits per heavy atom. The van der Waals surface area contributed by atoms with E-state index in [1.54, 1.807) is 29.4 Å². The Bertz CT molecular complexity index is 1420. The molecule has 0 bridgehead atoms. The van der Waals surface area contributed by atoms with Gasteiger partial charge in [0.25, 0.3) is 5.91 Å². The fourth-order valence-electron chi connectivity index (χ4n) is 4.07. The third-order valence-corrected chi connectivity index (χ3v) is 6.07. The van der Waals surface area contributed by atoms with Gasteiger partial charge in [0.1, 0.15) is 34.9 Å². The van der Waals surface area contributed by atoms with Gasteiger partial charge >= 0.3 is 5.63 Å². The van der Waals surface area contributed by atoms with Crippen LogP contribution in [0.3, 0.4) is 0 Å². The normalized spacial score (nSPS) is 14.2. The number of anilines is 1. The first-order valence-electron chi connectivity index (χ1n) is 10.8. The predicted molar refractivity (Wildman–Crippen MR) is 124 cm³/mol. The summed E-state index contributed by atoms with van der Waals surface area (Å²) in [5, 5.41) is 0.730. The van der Waals surface area contributed by atoms with Crippen molar-refractivity contribution in [1.29, 1.82) is 0 Å². The lowest BCUT2D eigenvalue weighted by molar-refractivity contribution is 0.0742. The van der Waals surface area contributed by atoms with E-state index in [1.807, 2.05) is 43.5 Å². The third-order valence-electron chi connectivity index (χ3n) is 6.07. The molecular weight excluding hydrogens is 420 g/mol. The summed E-state index contributed by atoms with van der Waals surface area (Å²) in [5.74, 6) is 1.93. The van der Waals surface area contributed by atoms with Crippen molar-refractivity contribution in [2.24, 2.45) is 0 Å². The highest BCUT2D eigenvalue weighted by molar-refractivity contribution is 5.96. The highest BCUT2D eigenvalue weighted by Gasteiger charge is 2.26. The molecule has 0 unspecified atom stereocenters. The minimum atomic E-state index is -0.608. The summed E-state index contributed by atoms with van der Waals surface area (Å²) in [7, 11) is 0. The summed E-state index contributed by atoms with van der Waals surface area (Å²) in [4.78, 5) is 42.8. The first kappa shape index (κ1) is 20.9. The Kier molecular flexibility index (Phi) is 5.16. The fourth-order valence-corrected chi connectivity index (χ4v) is 4.07. The van der Waals surface area contributed by atoms with Crippen LogP contribution in [0.2, 0.25) is 0 Å². The number of carbonyl (C=O) groups excluding carboxylic acids is 1. The van der Waals surface area contributed by atoms with Crippen molar-refractivity contribution in [3.05, 3.63) is 75.9 Å². The van der Waals surface area contributed by atoms with Gasteiger partial charge < -0.3 is 14.2 Å². The number of para-hydroxylation sites is 1. The number of hydrogen-bond acceptors (Lipinski definition) is 7. The van der Waals surface area contributed by atoms with E-state index < -0.39 is 5.63 Å². The van der Waals surface area contributed by atoms with Gasteiger partial charge in [0, 0.05) is 43.3 Å². The quantitative estimate of drug-likeness (QED) is 0.448. The van der Waals surface area contributed by atoms with E-state index in [2.05, 4.69) is 19.9 Å². The van der Waals surface area contributed by atoms with Crippen LogP contribution < -0.4 is 10.5 Å². The monoisotopic (exact) mass is 444 g/mol. The van der Waals surface area contributed by atoms with E-state index in [-0.39, 0.29) is 11.5 Å². The molecular formula is C24H24N6O3. The molecule has 4 heterocycles. The van der Waals surface area contributed by atoms with Crippen LogP contribution in [-0.2, 0) is 0 Å². The van der Waals surface area contributed by atoms with Crippen LogP contribution in [-0.4, -0.2) is 56.5 Å². The second kappa shape index (κ2) is 8.16. The first-order chi connectivity index (χ1) is 15.9. The van der Waals surface area contributed by atoms with Crippen molar-refractivity contribution >= 4 is 22.7 Å². The molecule has 4 aromatic rings. The van der Waals surface area contributed by atoms with Crippen LogP contribution in [0.15, 0.2) is 51.9 Å². The van der Waals surface area contributed by atoms with Gasteiger partial charge in [-0.1, -0.05) is 18.2 Å². The molecule has 0 aliphatic carbocycles. The van der Waals surface area contributed by atoms with E-state index in [4.69, 9.17) is 4.42 Å². The number of aromatic nitrogens is 4. The zero-order valence-corrected chi connectivity index (χ0v) is 18.8. The summed E-state index contributed by atoms with van der Waals surface area (Å²) >= 11 is 0. The van der Waals surface area contributed by atoms with Crippen LogP contribution >= 0.6 is 0 Å². The number of piperazine rings is 1. The Hall–Kier alpha value is -4.01. The van der Waals surface area contributed by atoms with Gasteiger partial charge in [-0.15, -0.1) is 0 Å². The molecule has 33 heavy (non-hydrogen) atoms. The predicted octanol–water partition coefficient (Wildman–Crippen LogP) is 2.66. The summed E-state index contributed by atoms with van der Waals surface area (Å²) in [6.45, 7) is 8.00. The lowest BCUT2D eigenvalue weighted by Crippen LogP contribution is -2.49. The van der Waals surface area contributed by atoms with Crippen LogP contribution in [0.25, 0.3) is 16.8 Å². The molecule has 1 aliphatic heterocycles. The van der Waals surface area contributed by atoms with Crippen molar-refractivity contribution < 1.29 is 9.21 Å². The average Bonchev–Trinajstić information content (AvgIpc) is 3.16. The molecule has 0 radical (unpaired) electrons. The summed E-state index contributed by atoms with van der Waals surface area (Å²) in [6, 6.07) is 10.7. The van der Waals surface area contributed by atoms with Gasteiger partial charge in [-0.2, -0.15) is 0 Å². The van der Waals surface area contributed by atoms with Crippen LogP contribution in [0.4, 0.5) is 5.82 Å². The van der Waals surface area contributed by atoms with Crippen LogP contribution in [0.5, 0.6) is 0 Å². The maximum atomic E-state index is 13.1. The molecule has 0 atom stereocenters. The van der Waals surface area contributed by atoms with Crippen molar-refractivity contribution in [1.82, 2.24) is 24.4 Å². The molecule has 9 heteroatoms. The number of amides is 1. The smallest absolute Gasteiger partial charge is 0.349 e. The Morgan fingerprint density at radius 1 is 0.970 bits per heavy atom. The lowest BCUT2D eigenvalue weighted by Gasteiger charge is -2.35. The number of fused-ring (bicyclic) bond motifs is 1. The zero-order valence-electron chi connectivity index (χ0n) is 18.8. The number of carbonyl (C=O) groups is 1. The minimum Gasteiger partial charge on any atom is -0.422 e. The van der Waals surface area contributed by atoms with E-state index in [1.165, 1.54) is 0 Å². The van der Waals surface area contributed by atoms with Gasteiger partial charge in [0.2, 0.25) is 0 Å². The second-order valence-electron chi connectivity index (χ2n) is 8.18. The number of aryl methyl sites for hydroxylation is 2.